The van der Waals surface area contributed by atoms with E-state index in [1.165, 1.54) is 34.9 Å². The van der Waals surface area contributed by atoms with Gasteiger partial charge in [-0.3, -0.25) is 24.6 Å². The molecule has 2 aliphatic heterocycles. The molecule has 4 N–H and O–H groups in total. The van der Waals surface area contributed by atoms with Crippen molar-refractivity contribution in [3.05, 3.63) is 107 Å². The number of pyridine rings is 1. The van der Waals surface area contributed by atoms with E-state index in [0.29, 0.717) is 49.2 Å². The number of carbonyl (C=O) groups is 4. The first-order valence-electron chi connectivity index (χ1n) is 20.8. The quantitative estimate of drug-likeness (QED) is 0.0445. The Labute approximate surface area is 361 Å². The van der Waals surface area contributed by atoms with Gasteiger partial charge in [-0.2, -0.15) is 5.10 Å². The predicted octanol–water partition coefficient (Wildman–Crippen LogP) is 6.17. The summed E-state index contributed by atoms with van der Waals surface area (Å²) in [5.74, 6) is 6.22. The number of amides is 4. The molecule has 4 amide bonds. The summed E-state index contributed by atoms with van der Waals surface area (Å²) in [6.45, 7) is 3.41. The Morgan fingerprint density at radius 2 is 1.86 bits per heavy atom. The molecular weight excluding hydrogens is 817 g/mol. The van der Waals surface area contributed by atoms with Gasteiger partial charge in [0.1, 0.15) is 24.2 Å². The van der Waals surface area contributed by atoms with E-state index in [2.05, 4.69) is 48.2 Å². The van der Waals surface area contributed by atoms with Crippen LogP contribution in [0.1, 0.15) is 83.9 Å². The number of piperidine rings is 1. The summed E-state index contributed by atoms with van der Waals surface area (Å²) in [6, 6.07) is 17.5. The van der Waals surface area contributed by atoms with Crippen molar-refractivity contribution in [2.24, 2.45) is 5.92 Å². The van der Waals surface area contributed by atoms with Crippen molar-refractivity contribution in [1.82, 2.24) is 35.3 Å². The second-order valence-corrected chi connectivity index (χ2v) is 15.4. The number of ether oxygens (including phenoxy) is 2. The highest BCUT2D eigenvalue weighted by atomic mass is 19.3. The average Bonchev–Trinajstić information content (AvgIpc) is 3.60. The van der Waals surface area contributed by atoms with Crippen LogP contribution < -0.4 is 21.3 Å². The van der Waals surface area contributed by atoms with Gasteiger partial charge in [-0.25, -0.2) is 28.2 Å². The zero-order chi connectivity index (χ0) is 43.7. The van der Waals surface area contributed by atoms with Crippen LogP contribution in [0.4, 0.5) is 25.1 Å². The average molecular weight is 862 g/mol. The molecular formula is C45H45F2N9O7. The maximum atomic E-state index is 14.0. The summed E-state index contributed by atoms with van der Waals surface area (Å²) < 4.78 is 46.1. The number of halogens is 2. The van der Waals surface area contributed by atoms with Crippen molar-refractivity contribution in [3.63, 3.8) is 0 Å². The van der Waals surface area contributed by atoms with Gasteiger partial charge in [0, 0.05) is 49.9 Å². The van der Waals surface area contributed by atoms with Crippen molar-refractivity contribution in [3.8, 4) is 29.0 Å². The Balaban J connectivity index is 0.727. The van der Waals surface area contributed by atoms with E-state index in [4.69, 9.17) is 13.9 Å². The van der Waals surface area contributed by atoms with Gasteiger partial charge in [0.2, 0.25) is 17.7 Å². The summed E-state index contributed by atoms with van der Waals surface area (Å²) in [5.41, 5.74) is 2.97. The zero-order valence-corrected chi connectivity index (χ0v) is 34.1. The number of aromatic nitrogens is 4. The minimum absolute atomic E-state index is 0.0719. The fourth-order valence-electron chi connectivity index (χ4n) is 7.06. The topological polar surface area (TPSA) is 195 Å². The first kappa shape index (κ1) is 42.7. The van der Waals surface area contributed by atoms with E-state index in [0.717, 1.165) is 36.2 Å². The molecule has 2 atom stereocenters. The fourth-order valence-corrected chi connectivity index (χ4v) is 7.06. The number of imide groups is 1. The van der Waals surface area contributed by atoms with E-state index >= 15 is 0 Å². The van der Waals surface area contributed by atoms with Gasteiger partial charge in [0.05, 0.1) is 30.7 Å². The Bertz CT molecular complexity index is 2490. The van der Waals surface area contributed by atoms with Crippen molar-refractivity contribution < 1.29 is 41.8 Å². The molecule has 2 saturated heterocycles. The highest BCUT2D eigenvalue weighted by molar-refractivity contribution is 6.03. The van der Waals surface area contributed by atoms with Crippen molar-refractivity contribution in [2.45, 2.75) is 63.6 Å². The molecule has 1 unspecified atom stereocenters. The molecule has 326 valence electrons. The number of benzene rings is 2. The minimum Gasteiger partial charge on any atom is -0.444 e. The molecule has 0 spiro atoms. The summed E-state index contributed by atoms with van der Waals surface area (Å²) in [6.07, 6.45) is 4.33. The number of nitrogens with zero attached hydrogens (tertiary/aromatic N) is 5. The number of rotatable bonds is 18. The summed E-state index contributed by atoms with van der Waals surface area (Å²) in [7, 11) is 0. The molecule has 3 aliphatic rings. The number of anilines is 2. The SMILES string of the molecule is O=C1CCC(N2C[C@H](c3ccc(C#CCCOCCCNCc4ccc(-n5cc(NC(=O)c6coc(-c7ccnc(NCC8CC8)c7)n6)c(C(F)F)n5)cc4)cc3)OC2=O)C(=O)N1. The molecule has 63 heavy (non-hydrogen) atoms. The third-order valence-corrected chi connectivity index (χ3v) is 10.7. The predicted molar refractivity (Wildman–Crippen MR) is 225 cm³/mol. The van der Waals surface area contributed by atoms with Crippen molar-refractivity contribution in [1.29, 1.82) is 0 Å². The lowest BCUT2D eigenvalue weighted by Gasteiger charge is -2.27. The van der Waals surface area contributed by atoms with Crippen LogP contribution in [0.25, 0.3) is 17.1 Å². The van der Waals surface area contributed by atoms with Gasteiger partial charge >= 0.3 is 6.09 Å². The van der Waals surface area contributed by atoms with Crippen LogP contribution >= 0.6 is 0 Å². The van der Waals surface area contributed by atoms with Crippen LogP contribution in [0, 0.1) is 17.8 Å². The van der Waals surface area contributed by atoms with Gasteiger partial charge in [0.15, 0.2) is 11.4 Å². The third-order valence-electron chi connectivity index (χ3n) is 10.7. The monoisotopic (exact) mass is 861 g/mol. The number of oxazole rings is 1. The first-order chi connectivity index (χ1) is 30.7. The second kappa shape index (κ2) is 19.8. The smallest absolute Gasteiger partial charge is 0.411 e. The van der Waals surface area contributed by atoms with Crippen LogP contribution in [-0.4, -0.2) is 87.4 Å². The number of carbonyl (C=O) groups excluding carboxylic acids is 4. The van der Waals surface area contributed by atoms with Crippen LogP contribution in [-0.2, 0) is 25.6 Å². The summed E-state index contributed by atoms with van der Waals surface area (Å²) in [5, 5.41) is 15.5. The Morgan fingerprint density at radius 3 is 2.63 bits per heavy atom. The number of alkyl halides is 2. The van der Waals surface area contributed by atoms with Crippen molar-refractivity contribution in [2.75, 3.05) is 43.5 Å². The lowest BCUT2D eigenvalue weighted by Crippen LogP contribution is -2.52. The van der Waals surface area contributed by atoms with Crippen LogP contribution in [0.15, 0.2) is 83.7 Å². The molecule has 3 aromatic heterocycles. The molecule has 5 aromatic rings. The standard InChI is InChI=1S/C45H45F2N9O7/c46-41(47)40-34(51-42(58)35-27-62-44(52-35)32-17-19-49-38(22-32)50-24-30-5-6-30)25-56(54-40)33-13-9-29(10-14-33)23-48-18-3-21-61-20-2-1-4-28-7-11-31(12-8-28)37-26-55(45(60)63-37)36-15-16-39(57)53-43(36)59/h7-14,17,19,22,25,27,30,36-37,41,48H,2-3,5-6,15-16,18,20-21,23-24,26H2,(H,49,50)(H,51,58)(H,53,57,59)/t36?,37-/m1/s1. The van der Waals surface area contributed by atoms with E-state index in [1.54, 1.807) is 30.5 Å². The Hall–Kier alpha value is -6.97. The molecule has 3 fully saturated rings. The lowest BCUT2D eigenvalue weighted by molar-refractivity contribution is -0.136. The van der Waals surface area contributed by atoms with Crippen LogP contribution in [0.5, 0.6) is 0 Å². The highest BCUT2D eigenvalue weighted by Crippen LogP contribution is 2.31. The highest BCUT2D eigenvalue weighted by Gasteiger charge is 2.42. The van der Waals surface area contributed by atoms with E-state index in [-0.39, 0.29) is 42.6 Å². The molecule has 2 aromatic carbocycles. The number of nitrogens with one attached hydrogen (secondary N) is 4. The molecule has 1 saturated carbocycles. The fraction of sp³-hybridized carbons (Fsp3) is 0.356. The van der Waals surface area contributed by atoms with Gasteiger partial charge in [-0.1, -0.05) is 36.1 Å². The Kier molecular flexibility index (Phi) is 13.4. The van der Waals surface area contributed by atoms with Crippen LogP contribution in [0.3, 0.4) is 0 Å². The normalized spacial score (nSPS) is 17.3. The van der Waals surface area contributed by atoms with Gasteiger partial charge in [-0.05, 0) is 85.7 Å². The third kappa shape index (κ3) is 11.1. The minimum atomic E-state index is -2.93. The van der Waals surface area contributed by atoms with E-state index in [9.17, 15) is 28.0 Å². The van der Waals surface area contributed by atoms with E-state index in [1.807, 2.05) is 36.4 Å². The lowest BCUT2D eigenvalue weighted by atomic mass is 10.0. The molecule has 0 bridgehead atoms. The first-order valence-corrected chi connectivity index (χ1v) is 20.8. The maximum absolute atomic E-state index is 14.0. The number of hydrogen-bond acceptors (Lipinski definition) is 12. The largest absolute Gasteiger partial charge is 0.444 e. The zero-order valence-electron chi connectivity index (χ0n) is 34.1. The van der Waals surface area contributed by atoms with Crippen molar-refractivity contribution >= 4 is 35.3 Å². The molecule has 0 radical (unpaired) electrons. The summed E-state index contributed by atoms with van der Waals surface area (Å²) in [4.78, 5) is 59.2. The van der Waals surface area contributed by atoms with E-state index < -0.39 is 42.2 Å². The number of hydrogen-bond donors (Lipinski definition) is 4. The van der Waals surface area contributed by atoms with Gasteiger partial charge in [-0.15, -0.1) is 0 Å². The summed E-state index contributed by atoms with van der Waals surface area (Å²) >= 11 is 0. The van der Waals surface area contributed by atoms with Gasteiger partial charge < -0.3 is 29.8 Å². The Morgan fingerprint density at radius 1 is 1.03 bits per heavy atom. The second-order valence-electron chi connectivity index (χ2n) is 15.4. The molecule has 5 heterocycles. The maximum Gasteiger partial charge on any atom is 0.411 e. The molecule has 8 rings (SSSR count). The molecule has 16 nitrogen and oxygen atoms in total. The van der Waals surface area contributed by atoms with Gasteiger partial charge in [0.25, 0.3) is 12.3 Å². The van der Waals surface area contributed by atoms with Crippen LogP contribution in [0.2, 0.25) is 0 Å². The number of cyclic esters (lactones) is 1. The molecule has 18 heteroatoms. The molecule has 1 aliphatic carbocycles.